The van der Waals surface area contributed by atoms with Crippen LogP contribution in [0.3, 0.4) is 0 Å². The van der Waals surface area contributed by atoms with E-state index in [1.807, 2.05) is 0 Å². The van der Waals surface area contributed by atoms with Crippen LogP contribution in [0.2, 0.25) is 0 Å². The lowest BCUT2D eigenvalue weighted by molar-refractivity contribution is 0.0651. The SMILES string of the molecule is O=C(NCCc1ccc(F)cc1)c1cc(C(=O)O)on1. The second-order valence-electron chi connectivity index (χ2n) is 4.01. The third-order valence-corrected chi connectivity index (χ3v) is 2.57. The highest BCUT2D eigenvalue weighted by atomic mass is 19.1. The molecule has 1 aromatic heterocycles. The predicted octanol–water partition coefficient (Wildman–Crippen LogP) is 1.48. The van der Waals surface area contributed by atoms with Gasteiger partial charge >= 0.3 is 5.97 Å². The first-order valence-electron chi connectivity index (χ1n) is 5.79. The van der Waals surface area contributed by atoms with E-state index in [1.165, 1.54) is 12.1 Å². The van der Waals surface area contributed by atoms with E-state index in [0.717, 1.165) is 11.6 Å². The predicted molar refractivity (Wildman–Crippen MR) is 65.9 cm³/mol. The van der Waals surface area contributed by atoms with Crippen molar-refractivity contribution in [3.05, 3.63) is 53.2 Å². The summed E-state index contributed by atoms with van der Waals surface area (Å²) in [5.41, 5.74) is 0.777. The largest absolute Gasteiger partial charge is 0.475 e. The number of aromatic carboxylic acids is 1. The lowest BCUT2D eigenvalue weighted by atomic mass is 10.1. The standard InChI is InChI=1S/C13H11FN2O4/c14-9-3-1-8(2-4-9)5-6-15-12(17)10-7-11(13(18)19)20-16-10/h1-4,7H,5-6H2,(H,15,17)(H,18,19). The van der Waals surface area contributed by atoms with Crippen LogP contribution < -0.4 is 5.32 Å². The van der Waals surface area contributed by atoms with Crippen molar-refractivity contribution in [2.24, 2.45) is 0 Å². The maximum absolute atomic E-state index is 12.7. The molecule has 1 aromatic carbocycles. The highest BCUT2D eigenvalue weighted by Crippen LogP contribution is 2.05. The number of carbonyl (C=O) groups is 2. The molecule has 7 heteroatoms. The van der Waals surface area contributed by atoms with Gasteiger partial charge in [-0.05, 0) is 24.1 Å². The van der Waals surface area contributed by atoms with Gasteiger partial charge in [0, 0.05) is 12.6 Å². The molecule has 2 aromatic rings. The van der Waals surface area contributed by atoms with Gasteiger partial charge in [0.1, 0.15) is 5.82 Å². The van der Waals surface area contributed by atoms with Crippen LogP contribution in [-0.4, -0.2) is 28.7 Å². The summed E-state index contributed by atoms with van der Waals surface area (Å²) in [4.78, 5) is 22.2. The molecule has 104 valence electrons. The van der Waals surface area contributed by atoms with Gasteiger partial charge in [-0.3, -0.25) is 4.79 Å². The first-order chi connectivity index (χ1) is 9.56. The molecule has 20 heavy (non-hydrogen) atoms. The monoisotopic (exact) mass is 278 g/mol. The number of carbonyl (C=O) groups excluding carboxylic acids is 1. The van der Waals surface area contributed by atoms with Gasteiger partial charge in [0.05, 0.1) is 0 Å². The molecule has 0 aliphatic rings. The van der Waals surface area contributed by atoms with Crippen molar-refractivity contribution in [1.29, 1.82) is 0 Å². The number of amides is 1. The second kappa shape index (κ2) is 5.96. The van der Waals surface area contributed by atoms with E-state index in [1.54, 1.807) is 12.1 Å². The zero-order chi connectivity index (χ0) is 14.5. The van der Waals surface area contributed by atoms with E-state index < -0.39 is 17.6 Å². The Labute approximate surface area is 113 Å². The Morgan fingerprint density at radius 1 is 1.30 bits per heavy atom. The smallest absolute Gasteiger partial charge is 0.374 e. The van der Waals surface area contributed by atoms with Gasteiger partial charge in [0.15, 0.2) is 5.69 Å². The normalized spacial score (nSPS) is 10.2. The van der Waals surface area contributed by atoms with Crippen LogP contribution in [0.25, 0.3) is 0 Å². The summed E-state index contributed by atoms with van der Waals surface area (Å²) in [5, 5.41) is 14.6. The first kappa shape index (κ1) is 13.7. The van der Waals surface area contributed by atoms with Gasteiger partial charge in [-0.2, -0.15) is 0 Å². The fraction of sp³-hybridized carbons (Fsp3) is 0.154. The summed E-state index contributed by atoms with van der Waals surface area (Å²) in [6, 6.07) is 6.98. The van der Waals surface area contributed by atoms with E-state index in [0.29, 0.717) is 13.0 Å². The number of hydrogen-bond donors (Lipinski definition) is 2. The molecule has 6 nitrogen and oxygen atoms in total. The third kappa shape index (κ3) is 3.41. The molecule has 0 saturated heterocycles. The molecule has 0 aliphatic heterocycles. The lowest BCUT2D eigenvalue weighted by Gasteiger charge is -2.03. The molecule has 0 aliphatic carbocycles. The van der Waals surface area contributed by atoms with Crippen molar-refractivity contribution in [2.45, 2.75) is 6.42 Å². The molecule has 0 radical (unpaired) electrons. The van der Waals surface area contributed by atoms with Crippen LogP contribution in [0.1, 0.15) is 26.6 Å². The Hall–Kier alpha value is -2.70. The van der Waals surface area contributed by atoms with Crippen molar-refractivity contribution >= 4 is 11.9 Å². The number of benzene rings is 1. The number of aromatic nitrogens is 1. The Morgan fingerprint density at radius 2 is 2.00 bits per heavy atom. The van der Waals surface area contributed by atoms with E-state index in [2.05, 4.69) is 15.0 Å². The fourth-order valence-electron chi connectivity index (χ4n) is 1.55. The Bertz CT molecular complexity index is 622. The average molecular weight is 278 g/mol. The van der Waals surface area contributed by atoms with E-state index in [4.69, 9.17) is 5.11 Å². The topological polar surface area (TPSA) is 92.4 Å². The van der Waals surface area contributed by atoms with Gasteiger partial charge in [0.2, 0.25) is 5.76 Å². The van der Waals surface area contributed by atoms with Crippen LogP contribution in [0.15, 0.2) is 34.9 Å². The minimum atomic E-state index is -1.29. The molecular weight excluding hydrogens is 267 g/mol. The highest BCUT2D eigenvalue weighted by molar-refractivity contribution is 5.94. The molecule has 0 saturated carbocycles. The van der Waals surface area contributed by atoms with Gasteiger partial charge in [-0.25, -0.2) is 9.18 Å². The maximum Gasteiger partial charge on any atom is 0.374 e. The lowest BCUT2D eigenvalue weighted by Crippen LogP contribution is -2.25. The van der Waals surface area contributed by atoms with Crippen LogP contribution >= 0.6 is 0 Å². The van der Waals surface area contributed by atoms with Crippen molar-refractivity contribution in [3.63, 3.8) is 0 Å². The van der Waals surface area contributed by atoms with E-state index in [-0.39, 0.29) is 11.5 Å². The number of halogens is 1. The van der Waals surface area contributed by atoms with E-state index >= 15 is 0 Å². The summed E-state index contributed by atoms with van der Waals surface area (Å²) in [6.45, 7) is 0.319. The summed E-state index contributed by atoms with van der Waals surface area (Å²) in [5.74, 6) is -2.53. The number of carboxylic acids is 1. The Kier molecular flexibility index (Phi) is 4.09. The molecule has 0 spiro atoms. The molecule has 2 N–H and O–H groups in total. The summed E-state index contributed by atoms with van der Waals surface area (Å²) >= 11 is 0. The highest BCUT2D eigenvalue weighted by Gasteiger charge is 2.15. The van der Waals surface area contributed by atoms with Crippen LogP contribution in [-0.2, 0) is 6.42 Å². The molecule has 1 heterocycles. The maximum atomic E-state index is 12.7. The number of nitrogens with zero attached hydrogens (tertiary/aromatic N) is 1. The molecule has 0 atom stereocenters. The van der Waals surface area contributed by atoms with Crippen molar-refractivity contribution in [2.75, 3.05) is 6.54 Å². The zero-order valence-corrected chi connectivity index (χ0v) is 10.3. The minimum absolute atomic E-state index is 0.0958. The Morgan fingerprint density at radius 3 is 2.60 bits per heavy atom. The Balaban J connectivity index is 1.85. The van der Waals surface area contributed by atoms with E-state index in [9.17, 15) is 14.0 Å². The number of nitrogens with one attached hydrogen (secondary N) is 1. The molecule has 1 amide bonds. The number of hydrogen-bond acceptors (Lipinski definition) is 4. The van der Waals surface area contributed by atoms with Crippen molar-refractivity contribution in [1.82, 2.24) is 10.5 Å². The minimum Gasteiger partial charge on any atom is -0.475 e. The quantitative estimate of drug-likeness (QED) is 0.864. The van der Waals surface area contributed by atoms with Crippen molar-refractivity contribution in [3.8, 4) is 0 Å². The molecule has 0 bridgehead atoms. The third-order valence-electron chi connectivity index (χ3n) is 2.57. The first-order valence-corrected chi connectivity index (χ1v) is 5.79. The van der Waals surface area contributed by atoms with Crippen LogP contribution in [0, 0.1) is 5.82 Å². The summed E-state index contributed by atoms with van der Waals surface area (Å²) in [6.07, 6.45) is 0.523. The summed E-state index contributed by atoms with van der Waals surface area (Å²) < 4.78 is 17.2. The van der Waals surface area contributed by atoms with Gasteiger partial charge in [-0.15, -0.1) is 0 Å². The number of rotatable bonds is 5. The zero-order valence-electron chi connectivity index (χ0n) is 10.3. The average Bonchev–Trinajstić information content (AvgIpc) is 2.91. The van der Waals surface area contributed by atoms with Gasteiger partial charge in [-0.1, -0.05) is 17.3 Å². The molecule has 0 fully saturated rings. The van der Waals surface area contributed by atoms with Crippen LogP contribution in [0.4, 0.5) is 4.39 Å². The fourth-order valence-corrected chi connectivity index (χ4v) is 1.55. The molecule has 0 unspecified atom stereocenters. The summed E-state index contributed by atoms with van der Waals surface area (Å²) in [7, 11) is 0. The van der Waals surface area contributed by atoms with Crippen LogP contribution in [0.5, 0.6) is 0 Å². The van der Waals surface area contributed by atoms with Crippen molar-refractivity contribution < 1.29 is 23.6 Å². The van der Waals surface area contributed by atoms with Gasteiger partial charge in [0.25, 0.3) is 5.91 Å². The van der Waals surface area contributed by atoms with Gasteiger partial charge < -0.3 is 14.9 Å². The molecule has 2 rings (SSSR count). The molecular formula is C13H11FN2O4. The number of carboxylic acid groups (broad SMARTS) is 1. The second-order valence-corrected chi connectivity index (χ2v) is 4.01.